The molecule has 35 heavy (non-hydrogen) atoms. The number of hydrogen-bond donors (Lipinski definition) is 8. The van der Waals surface area contributed by atoms with Gasteiger partial charge in [-0.2, -0.15) is 0 Å². The largest absolute Gasteiger partial charge is 0.506 e. The number of aliphatic hydroxyl groups is 3. The number of aliphatic hydroxyl groups excluding tert-OH is 3. The first-order valence-corrected chi connectivity index (χ1v) is 10.4. The van der Waals surface area contributed by atoms with Crippen molar-refractivity contribution < 1.29 is 49.8 Å². The number of carbonyl (C=O) groups excluding carboxylic acids is 1. The molecule has 8 N–H and O–H groups in total. The Morgan fingerprint density at radius 1 is 1.00 bits per heavy atom. The molecule has 0 aliphatic rings. The molecular weight excluding hydrogens is 464 g/mol. The minimum atomic E-state index is -2.27. The third-order valence-electron chi connectivity index (χ3n) is 4.79. The number of phenolic OH excluding ortho intramolecular Hbond substituents is 1. The second-order valence-electron chi connectivity index (χ2n) is 7.48. The first-order chi connectivity index (χ1) is 16.5. The van der Waals surface area contributed by atoms with Crippen LogP contribution in [-0.2, 0) is 20.8 Å². The van der Waals surface area contributed by atoms with Crippen LogP contribution >= 0.6 is 0 Å². The maximum atomic E-state index is 10.5. The van der Waals surface area contributed by atoms with Gasteiger partial charge in [0, 0.05) is 12.6 Å². The number of methoxy groups -OCH3 is 1. The van der Waals surface area contributed by atoms with Crippen LogP contribution in [0.15, 0.2) is 42.5 Å². The molecule has 12 heteroatoms. The normalized spacial score (nSPS) is 13.9. The average Bonchev–Trinajstić information content (AvgIpc) is 2.83. The second-order valence-corrected chi connectivity index (χ2v) is 7.48. The van der Waals surface area contributed by atoms with E-state index in [1.165, 1.54) is 11.6 Å². The molecule has 0 saturated carbocycles. The maximum Gasteiger partial charge on any atom is 0.335 e. The number of anilines is 1. The summed E-state index contributed by atoms with van der Waals surface area (Å²) in [6.07, 6.45) is -3.97. The highest BCUT2D eigenvalue weighted by atomic mass is 16.5. The number of ether oxygens (including phenoxy) is 1. The van der Waals surface area contributed by atoms with Gasteiger partial charge >= 0.3 is 11.9 Å². The van der Waals surface area contributed by atoms with Crippen molar-refractivity contribution in [1.82, 2.24) is 5.32 Å². The summed E-state index contributed by atoms with van der Waals surface area (Å²) in [6.45, 7) is 2.41. The molecule has 2 aromatic rings. The number of carboxylic acids is 2. The highest BCUT2D eigenvalue weighted by Gasteiger charge is 2.29. The van der Waals surface area contributed by atoms with Gasteiger partial charge in [0.2, 0.25) is 6.41 Å². The predicted molar refractivity (Wildman–Crippen MR) is 124 cm³/mol. The lowest BCUT2D eigenvalue weighted by Crippen LogP contribution is -2.39. The highest BCUT2D eigenvalue weighted by molar-refractivity contribution is 5.83. The van der Waals surface area contributed by atoms with E-state index >= 15 is 0 Å². The zero-order chi connectivity index (χ0) is 26.5. The Morgan fingerprint density at radius 3 is 2.06 bits per heavy atom. The molecule has 0 saturated heterocycles. The van der Waals surface area contributed by atoms with Gasteiger partial charge in [0.1, 0.15) is 11.5 Å². The van der Waals surface area contributed by atoms with Crippen molar-refractivity contribution in [3.8, 4) is 11.5 Å². The number of carboxylic acid groups (broad SMARTS) is 2. The summed E-state index contributed by atoms with van der Waals surface area (Å²) in [5.74, 6) is -2.75. The number of aliphatic carboxylic acids is 2. The number of carbonyl (C=O) groups is 3. The van der Waals surface area contributed by atoms with E-state index < -0.39 is 30.3 Å². The van der Waals surface area contributed by atoms with Crippen molar-refractivity contribution in [2.45, 2.75) is 37.7 Å². The van der Waals surface area contributed by atoms with Gasteiger partial charge in [-0.3, -0.25) is 4.79 Å². The molecule has 0 spiro atoms. The zero-order valence-electron chi connectivity index (χ0n) is 19.2. The summed E-state index contributed by atoms with van der Waals surface area (Å²) in [5.41, 5.74) is 2.07. The van der Waals surface area contributed by atoms with Crippen molar-refractivity contribution in [2.75, 3.05) is 19.0 Å². The van der Waals surface area contributed by atoms with E-state index in [2.05, 4.69) is 10.6 Å². The van der Waals surface area contributed by atoms with Gasteiger partial charge in [-0.1, -0.05) is 18.2 Å². The summed E-state index contributed by atoms with van der Waals surface area (Å²) < 4.78 is 5.14. The molecule has 0 heterocycles. The van der Waals surface area contributed by atoms with Gasteiger partial charge in [0.25, 0.3) is 0 Å². The number of benzene rings is 2. The van der Waals surface area contributed by atoms with E-state index in [4.69, 9.17) is 25.2 Å². The molecule has 192 valence electrons. The van der Waals surface area contributed by atoms with Crippen molar-refractivity contribution in [3.05, 3.63) is 53.6 Å². The van der Waals surface area contributed by atoms with Crippen LogP contribution in [0.4, 0.5) is 5.69 Å². The predicted octanol–water partition coefficient (Wildman–Crippen LogP) is 0.101. The number of nitrogens with one attached hydrogen (secondary N) is 2. The molecule has 0 aliphatic heterocycles. The number of aromatic hydroxyl groups is 1. The fourth-order valence-corrected chi connectivity index (χ4v) is 2.83. The molecule has 0 aromatic heterocycles. The van der Waals surface area contributed by atoms with E-state index in [1.807, 2.05) is 31.2 Å². The topological polar surface area (TPSA) is 206 Å². The third kappa shape index (κ3) is 9.98. The van der Waals surface area contributed by atoms with Crippen LogP contribution in [0.5, 0.6) is 11.5 Å². The van der Waals surface area contributed by atoms with Crippen molar-refractivity contribution >= 4 is 24.0 Å². The van der Waals surface area contributed by atoms with Crippen LogP contribution in [0, 0.1) is 0 Å². The Kier molecular flexibility index (Phi) is 12.2. The van der Waals surface area contributed by atoms with Crippen molar-refractivity contribution in [1.29, 1.82) is 0 Å². The van der Waals surface area contributed by atoms with Crippen LogP contribution in [0.25, 0.3) is 0 Å². The highest BCUT2D eigenvalue weighted by Crippen LogP contribution is 2.26. The van der Waals surface area contributed by atoms with E-state index in [9.17, 15) is 24.6 Å². The van der Waals surface area contributed by atoms with Gasteiger partial charge < -0.3 is 46.0 Å². The lowest BCUT2D eigenvalue weighted by molar-refractivity contribution is -0.165. The van der Waals surface area contributed by atoms with E-state index in [-0.39, 0.29) is 17.5 Å². The molecule has 0 radical (unpaired) electrons. The lowest BCUT2D eigenvalue weighted by atomic mass is 10.1. The van der Waals surface area contributed by atoms with E-state index in [1.54, 1.807) is 19.2 Å². The molecule has 0 fully saturated rings. The quantitative estimate of drug-likeness (QED) is 0.147. The molecule has 0 unspecified atom stereocenters. The fraction of sp³-hybridized carbons (Fsp3) is 0.348. The minimum absolute atomic E-state index is 0.0381. The number of amides is 1. The third-order valence-corrected chi connectivity index (χ3v) is 4.79. The van der Waals surface area contributed by atoms with Gasteiger partial charge in [0.05, 0.1) is 18.9 Å². The molecule has 4 atom stereocenters. The van der Waals surface area contributed by atoms with Gasteiger partial charge in [-0.05, 0) is 48.7 Å². The minimum Gasteiger partial charge on any atom is -0.506 e. The summed E-state index contributed by atoms with van der Waals surface area (Å²) in [4.78, 5) is 30.1. The summed E-state index contributed by atoms with van der Waals surface area (Å²) >= 11 is 0. The van der Waals surface area contributed by atoms with Crippen LogP contribution < -0.4 is 15.4 Å². The fourth-order valence-electron chi connectivity index (χ4n) is 2.83. The van der Waals surface area contributed by atoms with E-state index in [0.717, 1.165) is 12.2 Å². The number of hydrogen-bond acceptors (Lipinski definition) is 9. The molecule has 2 rings (SSSR count). The number of phenols is 1. The molecule has 0 aliphatic carbocycles. The Hall–Kier alpha value is -3.71. The Morgan fingerprint density at radius 2 is 1.57 bits per heavy atom. The summed E-state index contributed by atoms with van der Waals surface area (Å²) in [5, 5.41) is 58.2. The molecule has 0 bridgehead atoms. The molecule has 1 amide bonds. The van der Waals surface area contributed by atoms with Gasteiger partial charge in [0.15, 0.2) is 12.2 Å². The van der Waals surface area contributed by atoms with Crippen molar-refractivity contribution in [2.24, 2.45) is 0 Å². The average molecular weight is 494 g/mol. The standard InChI is InChI=1S/C19H24N2O4.C4H6O6/c1-13(9-14-3-6-16(25-2)7-4-14)20-11-19(24)15-5-8-18(23)17(10-15)21-12-22;5-1(3(7)8)2(6)4(9)10/h3-8,10,12-13,19-20,23-24H,9,11H2,1-2H3,(H,21,22);1-2,5-6H,(H,7,8)(H,9,10)/t13-,19-;1-,2-/m00/s1. The lowest BCUT2D eigenvalue weighted by Gasteiger charge is -2.18. The zero-order valence-corrected chi connectivity index (χ0v) is 19.2. The second kappa shape index (κ2) is 14.5. The first-order valence-electron chi connectivity index (χ1n) is 10.4. The van der Waals surface area contributed by atoms with Crippen LogP contribution in [-0.4, -0.2) is 80.9 Å². The monoisotopic (exact) mass is 494 g/mol. The molecule has 2 aromatic carbocycles. The Labute approximate surface area is 201 Å². The van der Waals surface area contributed by atoms with E-state index in [0.29, 0.717) is 18.5 Å². The van der Waals surface area contributed by atoms with Crippen LogP contribution in [0.3, 0.4) is 0 Å². The van der Waals surface area contributed by atoms with Crippen molar-refractivity contribution in [3.63, 3.8) is 0 Å². The SMILES string of the molecule is COc1ccc(C[C@H](C)NC[C@H](O)c2ccc(O)c(NC=O)c2)cc1.O=C(O)[C@@H](O)[C@H](O)C(=O)O. The Balaban J connectivity index is 0.000000518. The maximum absolute atomic E-state index is 10.5. The summed E-state index contributed by atoms with van der Waals surface area (Å²) in [7, 11) is 1.64. The Bertz CT molecular complexity index is 949. The van der Waals surface area contributed by atoms with Gasteiger partial charge in [-0.15, -0.1) is 0 Å². The smallest absolute Gasteiger partial charge is 0.335 e. The van der Waals surface area contributed by atoms with Crippen LogP contribution in [0.1, 0.15) is 24.2 Å². The molecular formula is C23H30N2O10. The van der Waals surface area contributed by atoms with Crippen LogP contribution in [0.2, 0.25) is 0 Å². The van der Waals surface area contributed by atoms with Gasteiger partial charge in [-0.25, -0.2) is 9.59 Å². The molecule has 12 nitrogen and oxygen atoms in total. The first kappa shape index (κ1) is 29.3. The summed E-state index contributed by atoms with van der Waals surface area (Å²) in [6, 6.07) is 12.7. The number of rotatable bonds is 12.